The summed E-state index contributed by atoms with van der Waals surface area (Å²) in [5.74, 6) is 0.407. The van der Waals surface area contributed by atoms with Crippen molar-refractivity contribution < 1.29 is 19.0 Å². The number of ether oxygens (including phenoxy) is 3. The van der Waals surface area contributed by atoms with Crippen molar-refractivity contribution >= 4 is 22.6 Å². The summed E-state index contributed by atoms with van der Waals surface area (Å²) in [4.78, 5) is 35.5. The molecule has 3 aromatic heterocycles. The van der Waals surface area contributed by atoms with Crippen molar-refractivity contribution in [2.24, 2.45) is 4.99 Å². The fourth-order valence-electron chi connectivity index (χ4n) is 4.49. The van der Waals surface area contributed by atoms with Gasteiger partial charge < -0.3 is 18.8 Å². The summed E-state index contributed by atoms with van der Waals surface area (Å²) in [7, 11) is 0. The highest BCUT2D eigenvalue weighted by Crippen LogP contribution is 2.21. The lowest BCUT2D eigenvalue weighted by Crippen LogP contribution is -2.33. The van der Waals surface area contributed by atoms with Gasteiger partial charge in [0.1, 0.15) is 17.4 Å². The number of nitrogens with zero attached hydrogens (tertiary/aromatic N) is 5. The fraction of sp³-hybridized carbons (Fsp3) is 0.296. The molecule has 0 N–H and O–H groups in total. The zero-order valence-electron chi connectivity index (χ0n) is 20.3. The molecule has 0 saturated carbocycles. The second-order valence-corrected chi connectivity index (χ2v) is 8.73. The normalized spacial score (nSPS) is 19.9. The van der Waals surface area contributed by atoms with Gasteiger partial charge in [-0.1, -0.05) is 18.7 Å². The molecule has 0 bridgehead atoms. The Balaban J connectivity index is 1.69. The minimum Gasteiger partial charge on any atom is -0.454 e. The summed E-state index contributed by atoms with van der Waals surface area (Å²) >= 11 is 0. The average molecular weight is 500 g/mol. The first-order chi connectivity index (χ1) is 18.0. The van der Waals surface area contributed by atoms with Crippen molar-refractivity contribution in [3.8, 4) is 6.07 Å². The van der Waals surface area contributed by atoms with Gasteiger partial charge in [-0.3, -0.25) is 14.0 Å². The molecule has 0 aromatic carbocycles. The summed E-state index contributed by atoms with van der Waals surface area (Å²) in [6.45, 7) is 6.49. The largest absolute Gasteiger partial charge is 0.454 e. The van der Waals surface area contributed by atoms with Gasteiger partial charge in [-0.25, -0.2) is 4.98 Å². The number of pyridine rings is 2. The second kappa shape index (κ2) is 10.2. The van der Waals surface area contributed by atoms with E-state index in [-0.39, 0.29) is 41.3 Å². The molecule has 0 radical (unpaired) electrons. The second-order valence-electron chi connectivity index (χ2n) is 8.73. The van der Waals surface area contributed by atoms with E-state index >= 15 is 0 Å². The van der Waals surface area contributed by atoms with Crippen molar-refractivity contribution in [1.82, 2.24) is 14.0 Å². The first-order valence-electron chi connectivity index (χ1n) is 11.9. The van der Waals surface area contributed by atoms with E-state index in [9.17, 15) is 14.9 Å². The van der Waals surface area contributed by atoms with E-state index in [1.165, 1.54) is 10.5 Å². The highest BCUT2D eigenvalue weighted by atomic mass is 16.7. The van der Waals surface area contributed by atoms with Crippen LogP contribution >= 0.6 is 0 Å². The molecule has 37 heavy (non-hydrogen) atoms. The number of carbonyl (C=O) groups is 1. The first-order valence-corrected chi connectivity index (χ1v) is 11.9. The summed E-state index contributed by atoms with van der Waals surface area (Å²) in [5, 5.41) is 10.2. The molecule has 10 nitrogen and oxygen atoms in total. The molecule has 2 saturated heterocycles. The molecule has 5 rings (SSSR count). The molecule has 5 heterocycles. The van der Waals surface area contributed by atoms with Crippen molar-refractivity contribution in [2.75, 3.05) is 13.4 Å². The Morgan fingerprint density at radius 1 is 1.35 bits per heavy atom. The van der Waals surface area contributed by atoms with E-state index in [2.05, 4.69) is 17.6 Å². The van der Waals surface area contributed by atoms with Crippen LogP contribution in [0, 0.1) is 18.3 Å². The summed E-state index contributed by atoms with van der Waals surface area (Å²) in [6.07, 6.45) is 7.91. The maximum absolute atomic E-state index is 13.4. The standard InChI is InChI=1S/C27H25N5O5/c1-3-6-21-22(37-16-36-21)9-10-23(33)29-25-18(14-28)13-20-26(32(25)15-19-8-5-12-35-19)30-24-17(2)7-4-11-31(24)27(20)34/h3-4,6-7,9,11,13,19H,1,5,8,10,12,15-16H2,2H3/b21-6-,22-9-,29-25?. The molecule has 2 aliphatic heterocycles. The van der Waals surface area contributed by atoms with Gasteiger partial charge in [-0.05, 0) is 49.6 Å². The van der Waals surface area contributed by atoms with E-state index in [1.54, 1.807) is 35.1 Å². The number of aromatic nitrogens is 3. The molecule has 1 unspecified atom stereocenters. The van der Waals surface area contributed by atoms with Gasteiger partial charge in [0.2, 0.25) is 6.79 Å². The van der Waals surface area contributed by atoms with E-state index in [4.69, 9.17) is 19.2 Å². The molecule has 2 aliphatic rings. The van der Waals surface area contributed by atoms with Gasteiger partial charge in [0, 0.05) is 12.8 Å². The predicted molar refractivity (Wildman–Crippen MR) is 134 cm³/mol. The highest BCUT2D eigenvalue weighted by Gasteiger charge is 2.22. The number of carbonyl (C=O) groups excluding carboxylic acids is 1. The van der Waals surface area contributed by atoms with Gasteiger partial charge in [0.25, 0.3) is 11.5 Å². The van der Waals surface area contributed by atoms with E-state index in [0.29, 0.717) is 36.0 Å². The van der Waals surface area contributed by atoms with E-state index < -0.39 is 5.91 Å². The van der Waals surface area contributed by atoms with Crippen LogP contribution in [-0.2, 0) is 25.5 Å². The number of rotatable bonds is 5. The molecule has 0 spiro atoms. The van der Waals surface area contributed by atoms with Crippen LogP contribution in [0.5, 0.6) is 0 Å². The summed E-state index contributed by atoms with van der Waals surface area (Å²) in [6, 6.07) is 7.20. The van der Waals surface area contributed by atoms with Crippen LogP contribution in [0.15, 0.2) is 70.5 Å². The minimum atomic E-state index is -0.494. The van der Waals surface area contributed by atoms with Crippen molar-refractivity contribution in [3.05, 3.63) is 87.7 Å². The van der Waals surface area contributed by atoms with Crippen LogP contribution in [0.3, 0.4) is 0 Å². The zero-order valence-corrected chi connectivity index (χ0v) is 20.3. The molecule has 1 atom stereocenters. The molecule has 10 heteroatoms. The number of aryl methyl sites for hydroxylation is 1. The molecular weight excluding hydrogens is 474 g/mol. The van der Waals surface area contributed by atoms with Gasteiger partial charge >= 0.3 is 0 Å². The van der Waals surface area contributed by atoms with Crippen LogP contribution in [-0.4, -0.2) is 39.4 Å². The van der Waals surface area contributed by atoms with Gasteiger partial charge in [0.05, 0.1) is 30.0 Å². The maximum Gasteiger partial charge on any atom is 0.267 e. The van der Waals surface area contributed by atoms with Gasteiger partial charge in [-0.2, -0.15) is 10.3 Å². The number of hydrogen-bond donors (Lipinski definition) is 0. The molecule has 0 aliphatic carbocycles. The summed E-state index contributed by atoms with van der Waals surface area (Å²) in [5.41, 5.74) is 1.60. The van der Waals surface area contributed by atoms with Crippen LogP contribution in [0.25, 0.3) is 16.7 Å². The molecule has 3 aromatic rings. The Kier molecular flexibility index (Phi) is 6.70. The smallest absolute Gasteiger partial charge is 0.267 e. The zero-order chi connectivity index (χ0) is 25.9. The predicted octanol–water partition coefficient (Wildman–Crippen LogP) is 2.78. The quantitative estimate of drug-likeness (QED) is 0.495. The third kappa shape index (κ3) is 4.69. The third-order valence-corrected chi connectivity index (χ3v) is 6.27. The SMILES string of the molecule is C=C/C=C1\OCO\C1=C/CC(=O)N=c1c(C#N)cc2c(=O)n3cccc(C)c3nc2n1CC1CCCO1. The Bertz CT molecular complexity index is 1650. The van der Waals surface area contributed by atoms with Crippen molar-refractivity contribution in [2.45, 2.75) is 38.8 Å². The van der Waals surface area contributed by atoms with Crippen molar-refractivity contribution in [1.29, 1.82) is 5.26 Å². The Morgan fingerprint density at radius 2 is 2.19 bits per heavy atom. The van der Waals surface area contributed by atoms with Crippen LogP contribution in [0.2, 0.25) is 0 Å². The summed E-state index contributed by atoms with van der Waals surface area (Å²) < 4.78 is 19.7. The number of amides is 1. The van der Waals surface area contributed by atoms with Crippen LogP contribution in [0.4, 0.5) is 0 Å². The van der Waals surface area contributed by atoms with Gasteiger partial charge in [0.15, 0.2) is 17.0 Å². The van der Waals surface area contributed by atoms with Crippen LogP contribution in [0.1, 0.15) is 30.4 Å². The molecular formula is C27H25N5O5. The Hall–Kier alpha value is -4.49. The number of allylic oxidation sites excluding steroid dienone is 2. The van der Waals surface area contributed by atoms with E-state index in [0.717, 1.165) is 18.4 Å². The average Bonchev–Trinajstić information content (AvgIpc) is 3.57. The van der Waals surface area contributed by atoms with Crippen LogP contribution < -0.4 is 11.0 Å². The lowest BCUT2D eigenvalue weighted by molar-refractivity contribution is -0.117. The molecule has 188 valence electrons. The monoisotopic (exact) mass is 499 g/mol. The van der Waals surface area contributed by atoms with Crippen molar-refractivity contribution in [3.63, 3.8) is 0 Å². The number of nitriles is 1. The topological polar surface area (TPSA) is 120 Å². The van der Waals surface area contributed by atoms with E-state index in [1.807, 2.05) is 13.0 Å². The lowest BCUT2D eigenvalue weighted by Gasteiger charge is -2.17. The minimum absolute atomic E-state index is 0.0517. The first kappa shape index (κ1) is 24.2. The number of hydrogen-bond acceptors (Lipinski definition) is 7. The Labute approximate surface area is 212 Å². The highest BCUT2D eigenvalue weighted by molar-refractivity contribution is 5.81. The molecule has 2 fully saturated rings. The lowest BCUT2D eigenvalue weighted by atomic mass is 10.2. The number of fused-ring (bicyclic) bond motifs is 2. The fourth-order valence-corrected chi connectivity index (χ4v) is 4.49. The maximum atomic E-state index is 13.4. The third-order valence-electron chi connectivity index (χ3n) is 6.27. The molecule has 1 amide bonds. The Morgan fingerprint density at radius 3 is 2.95 bits per heavy atom. The van der Waals surface area contributed by atoms with Gasteiger partial charge in [-0.15, -0.1) is 0 Å².